The van der Waals surface area contributed by atoms with Gasteiger partial charge in [-0.05, 0) is 61.6 Å². The van der Waals surface area contributed by atoms with E-state index < -0.39 is 0 Å². The molecule has 2 heterocycles. The molecular weight excluding hydrogens is 248 g/mol. The summed E-state index contributed by atoms with van der Waals surface area (Å²) in [5.41, 5.74) is 7.60. The maximum Gasteiger partial charge on any atom is 0.0624 e. The molecule has 3 heteroatoms. The normalized spacial score (nSPS) is 32.5. The zero-order chi connectivity index (χ0) is 13.5. The lowest BCUT2D eigenvalue weighted by Gasteiger charge is -2.28. The van der Waals surface area contributed by atoms with Crippen LogP contribution in [0.5, 0.6) is 0 Å². The summed E-state index contributed by atoms with van der Waals surface area (Å²) in [7, 11) is 0. The van der Waals surface area contributed by atoms with Crippen molar-refractivity contribution in [2.24, 2.45) is 11.8 Å². The summed E-state index contributed by atoms with van der Waals surface area (Å²) in [5.74, 6) is 6.43. The third-order valence-corrected chi connectivity index (χ3v) is 5.50. The highest BCUT2D eigenvalue weighted by molar-refractivity contribution is 5.35. The van der Waals surface area contributed by atoms with Gasteiger partial charge in [0.1, 0.15) is 0 Å². The Morgan fingerprint density at radius 2 is 2.15 bits per heavy atom. The predicted molar refractivity (Wildman–Crippen MR) is 79.3 cm³/mol. The molecule has 0 amide bonds. The van der Waals surface area contributed by atoms with Gasteiger partial charge in [-0.15, -0.1) is 0 Å². The Labute approximate surface area is 120 Å². The molecule has 4 rings (SSSR count). The average Bonchev–Trinajstić information content (AvgIpc) is 3.19. The van der Waals surface area contributed by atoms with Crippen LogP contribution >= 0.6 is 0 Å². The molecule has 3 aliphatic rings. The summed E-state index contributed by atoms with van der Waals surface area (Å²) >= 11 is 0. The number of aryl methyl sites for hydroxylation is 2. The molecule has 4 atom stereocenters. The van der Waals surface area contributed by atoms with Gasteiger partial charge in [-0.2, -0.15) is 0 Å². The molecule has 3 N–H and O–H groups in total. The summed E-state index contributed by atoms with van der Waals surface area (Å²) in [6.07, 6.45) is 9.45. The molecule has 1 aromatic rings. The van der Waals surface area contributed by atoms with Gasteiger partial charge in [0.25, 0.3) is 0 Å². The summed E-state index contributed by atoms with van der Waals surface area (Å²) < 4.78 is 5.98. The topological polar surface area (TPSA) is 47.3 Å². The number of ether oxygens (including phenoxy) is 1. The van der Waals surface area contributed by atoms with Crippen molar-refractivity contribution in [2.45, 2.75) is 63.2 Å². The highest BCUT2D eigenvalue weighted by Crippen LogP contribution is 2.41. The van der Waals surface area contributed by atoms with Gasteiger partial charge < -0.3 is 4.74 Å². The van der Waals surface area contributed by atoms with Crippen LogP contribution in [0.2, 0.25) is 0 Å². The summed E-state index contributed by atoms with van der Waals surface area (Å²) in [6, 6.07) is 7.37. The molecule has 2 fully saturated rings. The summed E-state index contributed by atoms with van der Waals surface area (Å²) in [6.45, 7) is 0. The number of nitrogens with one attached hydrogen (secondary N) is 1. The standard InChI is InChI=1S/C17H24N2O/c18-19-16(15-10-14-6-7-17(15)20-14)9-11-4-5-12-2-1-3-13(12)8-11/h4-5,8,14-17,19H,1-3,6-7,9-10,18H2. The second kappa shape index (κ2) is 5.14. The number of hydrazine groups is 1. The SMILES string of the molecule is NNC(Cc1ccc2c(c1)CCC2)C1CC2CCC1O2. The zero-order valence-corrected chi connectivity index (χ0v) is 12.0. The van der Waals surface area contributed by atoms with Gasteiger partial charge in [-0.3, -0.25) is 11.3 Å². The quantitative estimate of drug-likeness (QED) is 0.652. The van der Waals surface area contributed by atoms with Crippen LogP contribution in [0.4, 0.5) is 0 Å². The molecular formula is C17H24N2O. The van der Waals surface area contributed by atoms with E-state index in [1.165, 1.54) is 44.1 Å². The molecule has 108 valence electrons. The highest BCUT2D eigenvalue weighted by atomic mass is 16.5. The fraction of sp³-hybridized carbons (Fsp3) is 0.647. The largest absolute Gasteiger partial charge is 0.375 e. The van der Waals surface area contributed by atoms with Crippen LogP contribution in [0.3, 0.4) is 0 Å². The van der Waals surface area contributed by atoms with Crippen molar-refractivity contribution >= 4 is 0 Å². The van der Waals surface area contributed by atoms with Crippen molar-refractivity contribution in [1.82, 2.24) is 5.43 Å². The van der Waals surface area contributed by atoms with Crippen molar-refractivity contribution in [3.05, 3.63) is 34.9 Å². The molecule has 2 aliphatic heterocycles. The van der Waals surface area contributed by atoms with Gasteiger partial charge in [0.2, 0.25) is 0 Å². The predicted octanol–water partition coefficient (Wildman–Crippen LogP) is 2.12. The van der Waals surface area contributed by atoms with Crippen molar-refractivity contribution < 1.29 is 4.74 Å². The van der Waals surface area contributed by atoms with Gasteiger partial charge in [-0.25, -0.2) is 0 Å². The molecule has 0 aromatic heterocycles. The average molecular weight is 272 g/mol. The summed E-state index contributed by atoms with van der Waals surface area (Å²) in [4.78, 5) is 0. The first-order chi connectivity index (χ1) is 9.83. The Morgan fingerprint density at radius 3 is 2.90 bits per heavy atom. The van der Waals surface area contributed by atoms with Crippen LogP contribution in [0, 0.1) is 5.92 Å². The first kappa shape index (κ1) is 12.8. The lowest BCUT2D eigenvalue weighted by atomic mass is 9.81. The molecule has 2 saturated heterocycles. The Hall–Kier alpha value is -0.900. The third-order valence-electron chi connectivity index (χ3n) is 5.50. The lowest BCUT2D eigenvalue weighted by Crippen LogP contribution is -2.45. The Morgan fingerprint density at radius 1 is 1.25 bits per heavy atom. The zero-order valence-electron chi connectivity index (χ0n) is 12.0. The first-order valence-electron chi connectivity index (χ1n) is 8.06. The van der Waals surface area contributed by atoms with E-state index in [1.807, 2.05) is 0 Å². The van der Waals surface area contributed by atoms with Crippen molar-refractivity contribution in [3.8, 4) is 0 Å². The Balaban J connectivity index is 1.49. The molecule has 0 saturated carbocycles. The van der Waals surface area contributed by atoms with Crippen LogP contribution in [-0.2, 0) is 24.0 Å². The van der Waals surface area contributed by atoms with E-state index in [-0.39, 0.29) is 0 Å². The van der Waals surface area contributed by atoms with E-state index in [9.17, 15) is 0 Å². The van der Waals surface area contributed by atoms with Gasteiger partial charge in [0, 0.05) is 12.0 Å². The lowest BCUT2D eigenvalue weighted by molar-refractivity contribution is 0.0857. The van der Waals surface area contributed by atoms with Gasteiger partial charge in [0.15, 0.2) is 0 Å². The van der Waals surface area contributed by atoms with Crippen LogP contribution in [0.15, 0.2) is 18.2 Å². The minimum Gasteiger partial charge on any atom is -0.375 e. The fourth-order valence-electron chi connectivity index (χ4n) is 4.44. The molecule has 1 aromatic carbocycles. The maximum atomic E-state index is 5.98. The number of rotatable bonds is 4. The van der Waals surface area contributed by atoms with E-state index in [4.69, 9.17) is 10.6 Å². The van der Waals surface area contributed by atoms with Gasteiger partial charge in [0.05, 0.1) is 12.2 Å². The van der Waals surface area contributed by atoms with E-state index in [0.717, 1.165) is 6.42 Å². The minimum absolute atomic E-state index is 0.352. The van der Waals surface area contributed by atoms with Crippen LogP contribution < -0.4 is 11.3 Å². The Kier molecular flexibility index (Phi) is 3.29. The summed E-state index contributed by atoms with van der Waals surface area (Å²) in [5, 5.41) is 0. The molecule has 1 aliphatic carbocycles. The number of benzene rings is 1. The van der Waals surface area contributed by atoms with Crippen LogP contribution in [0.1, 0.15) is 42.4 Å². The molecule has 2 bridgehead atoms. The minimum atomic E-state index is 0.352. The maximum absolute atomic E-state index is 5.98. The Bertz CT molecular complexity index is 502. The van der Waals surface area contributed by atoms with E-state index >= 15 is 0 Å². The molecule has 0 radical (unpaired) electrons. The monoisotopic (exact) mass is 272 g/mol. The second-order valence-corrected chi connectivity index (χ2v) is 6.71. The van der Waals surface area contributed by atoms with E-state index in [0.29, 0.717) is 24.2 Å². The fourth-order valence-corrected chi connectivity index (χ4v) is 4.44. The van der Waals surface area contributed by atoms with Crippen LogP contribution in [-0.4, -0.2) is 18.2 Å². The van der Waals surface area contributed by atoms with Gasteiger partial charge >= 0.3 is 0 Å². The number of fused-ring (bicyclic) bond motifs is 3. The molecule has 0 spiro atoms. The smallest absolute Gasteiger partial charge is 0.0624 e. The first-order valence-corrected chi connectivity index (χ1v) is 8.06. The highest BCUT2D eigenvalue weighted by Gasteiger charge is 2.44. The van der Waals surface area contributed by atoms with E-state index in [2.05, 4.69) is 23.6 Å². The third kappa shape index (κ3) is 2.18. The molecule has 20 heavy (non-hydrogen) atoms. The number of nitrogens with two attached hydrogens (primary N) is 1. The van der Waals surface area contributed by atoms with E-state index in [1.54, 1.807) is 11.1 Å². The van der Waals surface area contributed by atoms with Crippen molar-refractivity contribution in [3.63, 3.8) is 0 Å². The van der Waals surface area contributed by atoms with Gasteiger partial charge in [-0.1, -0.05) is 18.2 Å². The molecule has 4 unspecified atom stereocenters. The number of hydrogen-bond donors (Lipinski definition) is 2. The van der Waals surface area contributed by atoms with Crippen LogP contribution in [0.25, 0.3) is 0 Å². The second-order valence-electron chi connectivity index (χ2n) is 6.71. The number of hydrogen-bond acceptors (Lipinski definition) is 3. The van der Waals surface area contributed by atoms with Crippen molar-refractivity contribution in [1.29, 1.82) is 0 Å². The van der Waals surface area contributed by atoms with Crippen molar-refractivity contribution in [2.75, 3.05) is 0 Å². The molecule has 3 nitrogen and oxygen atoms in total.